The Balaban J connectivity index is 2.10. The van der Waals surface area contributed by atoms with Crippen molar-refractivity contribution in [2.45, 2.75) is 20.3 Å². The molecule has 140 valence electrons. The number of rotatable bonds is 5. The summed E-state index contributed by atoms with van der Waals surface area (Å²) in [6, 6.07) is 8.47. The minimum Gasteiger partial charge on any atom is -0.480 e. The Labute approximate surface area is 155 Å². The molecular weight excluding hydrogens is 349 g/mol. The molecule has 0 aliphatic heterocycles. The predicted octanol–water partition coefficient (Wildman–Crippen LogP) is 2.84. The van der Waals surface area contributed by atoms with Crippen molar-refractivity contribution in [3.05, 3.63) is 59.2 Å². The minimum absolute atomic E-state index is 0.0137. The van der Waals surface area contributed by atoms with Crippen molar-refractivity contribution in [1.82, 2.24) is 14.3 Å². The minimum atomic E-state index is -1.07. The van der Waals surface area contributed by atoms with E-state index in [9.17, 15) is 14.0 Å². The summed E-state index contributed by atoms with van der Waals surface area (Å²) in [4.78, 5) is 29.2. The zero-order chi connectivity index (χ0) is 19.7. The lowest BCUT2D eigenvalue weighted by Gasteiger charge is -2.15. The second kappa shape index (κ2) is 7.19. The van der Waals surface area contributed by atoms with Crippen LogP contribution in [0.1, 0.15) is 16.8 Å². The quantitative estimate of drug-likeness (QED) is 0.750. The highest BCUT2D eigenvalue weighted by Gasteiger charge is 2.20. The Hall–Kier alpha value is -3.22. The van der Waals surface area contributed by atoms with E-state index in [1.807, 2.05) is 29.7 Å². The molecule has 0 atom stereocenters. The summed E-state index contributed by atoms with van der Waals surface area (Å²) >= 11 is 0. The molecule has 1 aromatic carbocycles. The molecule has 0 saturated carbocycles. The van der Waals surface area contributed by atoms with Crippen molar-refractivity contribution in [2.75, 3.05) is 13.6 Å². The van der Waals surface area contributed by atoms with Gasteiger partial charge in [0.05, 0.1) is 17.8 Å². The second-order valence-corrected chi connectivity index (χ2v) is 6.63. The largest absolute Gasteiger partial charge is 0.480 e. The number of pyridine rings is 1. The van der Waals surface area contributed by atoms with E-state index in [1.54, 1.807) is 19.1 Å². The number of carbonyl (C=O) groups excluding carboxylic acids is 1. The van der Waals surface area contributed by atoms with Crippen LogP contribution in [-0.4, -0.2) is 44.9 Å². The molecule has 0 saturated heterocycles. The van der Waals surface area contributed by atoms with E-state index >= 15 is 0 Å². The topological polar surface area (TPSA) is 74.9 Å². The Kier molecular flexibility index (Phi) is 4.94. The Bertz CT molecular complexity index is 1040. The van der Waals surface area contributed by atoms with Crippen molar-refractivity contribution in [1.29, 1.82) is 0 Å². The van der Waals surface area contributed by atoms with Gasteiger partial charge >= 0.3 is 5.97 Å². The zero-order valence-electron chi connectivity index (χ0n) is 15.4. The third kappa shape index (κ3) is 3.81. The highest BCUT2D eigenvalue weighted by Crippen LogP contribution is 2.27. The van der Waals surface area contributed by atoms with Crippen LogP contribution in [0, 0.1) is 19.7 Å². The van der Waals surface area contributed by atoms with Crippen LogP contribution in [0.5, 0.6) is 0 Å². The van der Waals surface area contributed by atoms with E-state index < -0.39 is 5.97 Å². The van der Waals surface area contributed by atoms with Gasteiger partial charge in [-0.1, -0.05) is 6.07 Å². The molecule has 0 radical (unpaired) electrons. The normalized spacial score (nSPS) is 11.0. The fourth-order valence-corrected chi connectivity index (χ4v) is 2.96. The van der Waals surface area contributed by atoms with Crippen molar-refractivity contribution < 1.29 is 19.1 Å². The third-order valence-corrected chi connectivity index (χ3v) is 4.41. The van der Waals surface area contributed by atoms with Gasteiger partial charge in [-0.05, 0) is 49.2 Å². The number of hydrogen-bond acceptors (Lipinski definition) is 3. The molecule has 0 aliphatic rings. The summed E-state index contributed by atoms with van der Waals surface area (Å²) in [5.41, 5.74) is 4.08. The highest BCUT2D eigenvalue weighted by atomic mass is 19.1. The lowest BCUT2D eigenvalue weighted by molar-refractivity contribution is -0.143. The SMILES string of the molecule is Cc1ccc2nc(-c3ccc(F)c(C)c3)c(CC(=O)N(C)CC(=O)O)n2c1. The average Bonchev–Trinajstić information content (AvgIpc) is 2.94. The van der Waals surface area contributed by atoms with Gasteiger partial charge in [-0.2, -0.15) is 0 Å². The van der Waals surface area contributed by atoms with Gasteiger partial charge in [0.2, 0.25) is 5.91 Å². The molecule has 2 heterocycles. The van der Waals surface area contributed by atoms with Crippen LogP contribution in [0.15, 0.2) is 36.5 Å². The number of carbonyl (C=O) groups is 2. The number of carboxylic acid groups (broad SMARTS) is 1. The van der Waals surface area contributed by atoms with E-state index in [-0.39, 0.29) is 24.7 Å². The van der Waals surface area contributed by atoms with E-state index in [0.29, 0.717) is 28.2 Å². The first kappa shape index (κ1) is 18.6. The number of carboxylic acids is 1. The van der Waals surface area contributed by atoms with Crippen LogP contribution >= 0.6 is 0 Å². The number of aliphatic carboxylic acids is 1. The van der Waals surface area contributed by atoms with Gasteiger partial charge in [-0.25, -0.2) is 9.37 Å². The van der Waals surface area contributed by atoms with E-state index in [1.165, 1.54) is 13.1 Å². The van der Waals surface area contributed by atoms with E-state index in [0.717, 1.165) is 10.5 Å². The summed E-state index contributed by atoms with van der Waals surface area (Å²) in [6.45, 7) is 3.23. The molecule has 6 nitrogen and oxygen atoms in total. The van der Waals surface area contributed by atoms with Crippen LogP contribution in [0.2, 0.25) is 0 Å². The van der Waals surface area contributed by atoms with Crippen LogP contribution < -0.4 is 0 Å². The number of nitrogens with zero attached hydrogens (tertiary/aromatic N) is 3. The first-order chi connectivity index (χ1) is 12.8. The monoisotopic (exact) mass is 369 g/mol. The standard InChI is InChI=1S/C20H20FN3O3/c1-12-4-7-17-22-20(14-5-6-15(21)13(2)8-14)16(24(17)10-12)9-18(25)23(3)11-19(26)27/h4-8,10H,9,11H2,1-3H3,(H,26,27). The van der Waals surface area contributed by atoms with Gasteiger partial charge in [0.15, 0.2) is 0 Å². The van der Waals surface area contributed by atoms with Gasteiger partial charge in [0.25, 0.3) is 0 Å². The molecular formula is C20H20FN3O3. The molecule has 1 N–H and O–H groups in total. The van der Waals surface area contributed by atoms with Crippen molar-refractivity contribution in [3.63, 3.8) is 0 Å². The summed E-state index contributed by atoms with van der Waals surface area (Å²) in [6.07, 6.45) is 1.86. The lowest BCUT2D eigenvalue weighted by Crippen LogP contribution is -2.33. The fourth-order valence-electron chi connectivity index (χ4n) is 2.96. The third-order valence-electron chi connectivity index (χ3n) is 4.41. The van der Waals surface area contributed by atoms with E-state index in [2.05, 4.69) is 4.98 Å². The number of aryl methyl sites for hydroxylation is 2. The molecule has 0 spiro atoms. The van der Waals surface area contributed by atoms with Crippen molar-refractivity contribution in [3.8, 4) is 11.3 Å². The summed E-state index contributed by atoms with van der Waals surface area (Å²) in [7, 11) is 1.45. The van der Waals surface area contributed by atoms with Crippen molar-refractivity contribution >= 4 is 17.5 Å². The average molecular weight is 369 g/mol. The molecule has 0 bridgehead atoms. The van der Waals surface area contributed by atoms with Gasteiger partial charge in [-0.3, -0.25) is 9.59 Å². The summed E-state index contributed by atoms with van der Waals surface area (Å²) in [5.74, 6) is -1.72. The highest BCUT2D eigenvalue weighted by molar-refractivity contribution is 5.84. The number of fused-ring (bicyclic) bond motifs is 1. The molecule has 27 heavy (non-hydrogen) atoms. The molecule has 1 amide bonds. The van der Waals surface area contributed by atoms with Gasteiger partial charge in [0, 0.05) is 18.8 Å². The number of aromatic nitrogens is 2. The lowest BCUT2D eigenvalue weighted by atomic mass is 10.1. The predicted molar refractivity (Wildman–Crippen MR) is 99.0 cm³/mol. The van der Waals surface area contributed by atoms with Gasteiger partial charge < -0.3 is 14.4 Å². The summed E-state index contributed by atoms with van der Waals surface area (Å²) in [5, 5.41) is 8.91. The Morgan fingerprint density at radius 1 is 1.22 bits per heavy atom. The molecule has 0 aliphatic carbocycles. The van der Waals surface area contributed by atoms with E-state index in [4.69, 9.17) is 5.11 Å². The first-order valence-corrected chi connectivity index (χ1v) is 8.46. The maximum absolute atomic E-state index is 13.7. The first-order valence-electron chi connectivity index (χ1n) is 8.46. The fraction of sp³-hybridized carbons (Fsp3) is 0.250. The van der Waals surface area contributed by atoms with Crippen LogP contribution in [-0.2, 0) is 16.0 Å². The van der Waals surface area contributed by atoms with Crippen molar-refractivity contribution in [2.24, 2.45) is 0 Å². The van der Waals surface area contributed by atoms with Gasteiger partial charge in [0.1, 0.15) is 18.0 Å². The maximum atomic E-state index is 13.7. The Morgan fingerprint density at radius 3 is 2.63 bits per heavy atom. The number of amides is 1. The maximum Gasteiger partial charge on any atom is 0.323 e. The molecule has 3 aromatic rings. The number of imidazole rings is 1. The smallest absolute Gasteiger partial charge is 0.323 e. The number of hydrogen-bond donors (Lipinski definition) is 1. The molecule has 3 rings (SSSR count). The van der Waals surface area contributed by atoms with Crippen LogP contribution in [0.4, 0.5) is 4.39 Å². The van der Waals surface area contributed by atoms with Crippen LogP contribution in [0.3, 0.4) is 0 Å². The summed E-state index contributed by atoms with van der Waals surface area (Å²) < 4.78 is 15.5. The molecule has 7 heteroatoms. The molecule has 0 fully saturated rings. The number of halogens is 1. The van der Waals surface area contributed by atoms with Gasteiger partial charge in [-0.15, -0.1) is 0 Å². The molecule has 0 unspecified atom stereocenters. The zero-order valence-corrected chi connectivity index (χ0v) is 15.4. The number of benzene rings is 1. The second-order valence-electron chi connectivity index (χ2n) is 6.63. The Morgan fingerprint density at radius 2 is 1.96 bits per heavy atom. The molecule has 2 aromatic heterocycles. The van der Waals surface area contributed by atoms with Crippen LogP contribution in [0.25, 0.3) is 16.9 Å². The number of likely N-dealkylation sites (N-methyl/N-ethyl adjacent to an activating group) is 1.